The van der Waals surface area contributed by atoms with Crippen molar-refractivity contribution in [1.29, 1.82) is 0 Å². The largest absolute Gasteiger partial charge is 0.501 e. The van der Waals surface area contributed by atoms with Crippen molar-refractivity contribution in [3.05, 3.63) is 79.9 Å². The molecule has 0 aliphatic rings. The molecular formula is C16H12N2O9. The Labute approximate surface area is 150 Å². The molecule has 0 saturated carbocycles. The molecule has 0 aromatic heterocycles. The number of nitro groups is 2. The first kappa shape index (κ1) is 20.8. The number of nitrogens with zero attached hydrogens (tertiary/aromatic N) is 2. The second-order valence-electron chi connectivity index (χ2n) is 4.72. The molecule has 27 heavy (non-hydrogen) atoms. The Balaban J connectivity index is 0.000000271. The van der Waals surface area contributed by atoms with Crippen molar-refractivity contribution in [2.24, 2.45) is 0 Å². The SMILES string of the molecule is O=C(O)/C=C/c1ccccc1[N+](=O)[O-].O=C(O)c1cccc([N+](=O)[O-])c1O. The Bertz CT molecular complexity index is 890. The minimum absolute atomic E-state index is 0.106. The monoisotopic (exact) mass is 376 g/mol. The molecule has 2 aromatic carbocycles. The zero-order chi connectivity index (χ0) is 20.6. The van der Waals surface area contributed by atoms with Crippen LogP contribution in [0.4, 0.5) is 11.4 Å². The normalized spacial score (nSPS) is 9.93. The number of phenols is 1. The van der Waals surface area contributed by atoms with E-state index in [0.29, 0.717) is 0 Å². The quantitative estimate of drug-likeness (QED) is 0.401. The lowest BCUT2D eigenvalue weighted by atomic mass is 10.1. The van der Waals surface area contributed by atoms with E-state index in [4.69, 9.17) is 15.3 Å². The number of para-hydroxylation sites is 2. The van der Waals surface area contributed by atoms with Gasteiger partial charge < -0.3 is 15.3 Å². The van der Waals surface area contributed by atoms with Gasteiger partial charge in [0.15, 0.2) is 0 Å². The summed E-state index contributed by atoms with van der Waals surface area (Å²) in [5.41, 5.74) is -0.918. The first-order valence-electron chi connectivity index (χ1n) is 6.99. The summed E-state index contributed by atoms with van der Waals surface area (Å²) in [4.78, 5) is 40.0. The highest BCUT2D eigenvalue weighted by molar-refractivity contribution is 5.92. The van der Waals surface area contributed by atoms with Gasteiger partial charge in [0.05, 0.1) is 15.4 Å². The van der Waals surface area contributed by atoms with Gasteiger partial charge in [-0.3, -0.25) is 20.2 Å². The van der Waals surface area contributed by atoms with Gasteiger partial charge in [0, 0.05) is 18.2 Å². The number of aromatic hydroxyl groups is 1. The van der Waals surface area contributed by atoms with Crippen molar-refractivity contribution in [1.82, 2.24) is 0 Å². The lowest BCUT2D eigenvalue weighted by Crippen LogP contribution is -1.98. The van der Waals surface area contributed by atoms with Gasteiger partial charge >= 0.3 is 17.6 Å². The molecule has 2 rings (SSSR count). The predicted octanol–water partition coefficient (Wildman–Crippen LogP) is 2.69. The van der Waals surface area contributed by atoms with E-state index in [1.165, 1.54) is 30.3 Å². The minimum Gasteiger partial charge on any atom is -0.501 e. The Morgan fingerprint density at radius 1 is 0.889 bits per heavy atom. The smallest absolute Gasteiger partial charge is 0.339 e. The van der Waals surface area contributed by atoms with Crippen LogP contribution in [0.2, 0.25) is 0 Å². The number of aliphatic carboxylic acids is 1. The molecule has 0 unspecified atom stereocenters. The van der Waals surface area contributed by atoms with E-state index >= 15 is 0 Å². The summed E-state index contributed by atoms with van der Waals surface area (Å²) >= 11 is 0. The third-order valence-corrected chi connectivity index (χ3v) is 2.98. The number of hydrogen-bond donors (Lipinski definition) is 3. The third kappa shape index (κ3) is 5.94. The van der Waals surface area contributed by atoms with Gasteiger partial charge in [0.2, 0.25) is 5.75 Å². The number of benzene rings is 2. The van der Waals surface area contributed by atoms with Crippen LogP contribution in [0.5, 0.6) is 5.75 Å². The zero-order valence-electron chi connectivity index (χ0n) is 13.4. The molecular weight excluding hydrogens is 364 g/mol. The standard InChI is InChI=1S/C9H7NO4.C7H5NO5/c11-9(12)6-5-7-3-1-2-4-8(7)10(13)14;9-6-4(7(10)11)2-1-3-5(6)8(12)13/h1-6H,(H,11,12);1-3,9H,(H,10,11)/b6-5+;. The van der Waals surface area contributed by atoms with Gasteiger partial charge in [0.25, 0.3) is 5.69 Å². The molecule has 2 aromatic rings. The fourth-order valence-corrected chi connectivity index (χ4v) is 1.81. The number of aromatic carboxylic acids is 1. The Kier molecular flexibility index (Phi) is 7.13. The van der Waals surface area contributed by atoms with E-state index in [9.17, 15) is 29.8 Å². The molecule has 0 heterocycles. The van der Waals surface area contributed by atoms with Crippen LogP contribution in [0, 0.1) is 20.2 Å². The summed E-state index contributed by atoms with van der Waals surface area (Å²) in [5.74, 6) is -3.36. The molecule has 0 saturated heterocycles. The Morgan fingerprint density at radius 3 is 1.96 bits per heavy atom. The minimum atomic E-state index is -1.40. The van der Waals surface area contributed by atoms with Crippen LogP contribution in [0.25, 0.3) is 6.08 Å². The van der Waals surface area contributed by atoms with Gasteiger partial charge in [-0.05, 0) is 18.2 Å². The van der Waals surface area contributed by atoms with E-state index in [2.05, 4.69) is 0 Å². The maximum absolute atomic E-state index is 10.5. The molecule has 0 aliphatic heterocycles. The Hall–Kier alpha value is -4.28. The summed E-state index contributed by atoms with van der Waals surface area (Å²) in [6, 6.07) is 9.25. The number of hydrogen-bond acceptors (Lipinski definition) is 7. The molecule has 140 valence electrons. The van der Waals surface area contributed by atoms with Gasteiger partial charge in [-0.25, -0.2) is 9.59 Å². The number of rotatable bonds is 5. The van der Waals surface area contributed by atoms with Crippen LogP contribution >= 0.6 is 0 Å². The maximum atomic E-state index is 10.5. The highest BCUT2D eigenvalue weighted by Gasteiger charge is 2.19. The average Bonchev–Trinajstić information content (AvgIpc) is 2.60. The van der Waals surface area contributed by atoms with Crippen molar-refractivity contribution < 1.29 is 34.8 Å². The average molecular weight is 376 g/mol. The van der Waals surface area contributed by atoms with E-state index in [1.54, 1.807) is 6.07 Å². The van der Waals surface area contributed by atoms with E-state index in [1.807, 2.05) is 0 Å². The van der Waals surface area contributed by atoms with Crippen LogP contribution < -0.4 is 0 Å². The van der Waals surface area contributed by atoms with Crippen molar-refractivity contribution in [2.75, 3.05) is 0 Å². The summed E-state index contributed by atoms with van der Waals surface area (Å²) in [6.45, 7) is 0. The summed E-state index contributed by atoms with van der Waals surface area (Å²) in [5, 5.41) is 46.7. The van der Waals surface area contributed by atoms with E-state index in [-0.39, 0.29) is 11.3 Å². The van der Waals surface area contributed by atoms with Crippen molar-refractivity contribution in [3.63, 3.8) is 0 Å². The second-order valence-corrected chi connectivity index (χ2v) is 4.72. The maximum Gasteiger partial charge on any atom is 0.339 e. The molecule has 0 bridgehead atoms. The van der Waals surface area contributed by atoms with Crippen molar-refractivity contribution >= 4 is 29.4 Å². The number of carbonyl (C=O) groups is 2. The van der Waals surface area contributed by atoms with E-state index < -0.39 is 38.8 Å². The predicted molar refractivity (Wildman–Crippen MR) is 91.5 cm³/mol. The van der Waals surface area contributed by atoms with Crippen LogP contribution in [-0.4, -0.2) is 37.1 Å². The molecule has 11 nitrogen and oxygen atoms in total. The first-order valence-corrected chi connectivity index (χ1v) is 6.99. The van der Waals surface area contributed by atoms with Gasteiger partial charge in [0.1, 0.15) is 5.56 Å². The highest BCUT2D eigenvalue weighted by Crippen LogP contribution is 2.28. The van der Waals surface area contributed by atoms with Crippen LogP contribution in [0.1, 0.15) is 15.9 Å². The van der Waals surface area contributed by atoms with Crippen LogP contribution in [-0.2, 0) is 4.79 Å². The zero-order valence-corrected chi connectivity index (χ0v) is 13.4. The van der Waals surface area contributed by atoms with Crippen LogP contribution in [0.15, 0.2) is 48.5 Å². The van der Waals surface area contributed by atoms with Gasteiger partial charge in [-0.1, -0.05) is 18.2 Å². The van der Waals surface area contributed by atoms with Gasteiger partial charge in [-0.2, -0.15) is 0 Å². The third-order valence-electron chi connectivity index (χ3n) is 2.98. The molecule has 0 spiro atoms. The van der Waals surface area contributed by atoms with E-state index in [0.717, 1.165) is 18.2 Å². The second kappa shape index (κ2) is 9.27. The molecule has 11 heteroatoms. The molecule has 0 fully saturated rings. The van der Waals surface area contributed by atoms with Crippen molar-refractivity contribution in [3.8, 4) is 5.75 Å². The van der Waals surface area contributed by atoms with Gasteiger partial charge in [-0.15, -0.1) is 0 Å². The number of carboxylic acid groups (broad SMARTS) is 2. The molecule has 0 aliphatic carbocycles. The number of carboxylic acids is 2. The fraction of sp³-hybridized carbons (Fsp3) is 0. The lowest BCUT2D eigenvalue weighted by molar-refractivity contribution is -0.385. The Morgan fingerprint density at radius 2 is 1.44 bits per heavy atom. The lowest BCUT2D eigenvalue weighted by Gasteiger charge is -1.98. The molecule has 3 N–H and O–H groups in total. The summed E-state index contributed by atoms with van der Waals surface area (Å²) in [7, 11) is 0. The molecule has 0 atom stereocenters. The van der Waals surface area contributed by atoms with Crippen molar-refractivity contribution in [2.45, 2.75) is 0 Å². The number of nitro benzene ring substituents is 2. The highest BCUT2D eigenvalue weighted by atomic mass is 16.6. The van der Waals surface area contributed by atoms with Crippen LogP contribution in [0.3, 0.4) is 0 Å². The topological polar surface area (TPSA) is 181 Å². The summed E-state index contributed by atoms with van der Waals surface area (Å²) in [6.07, 6.45) is 2.06. The summed E-state index contributed by atoms with van der Waals surface area (Å²) < 4.78 is 0. The first-order chi connectivity index (χ1) is 12.6. The molecule has 0 amide bonds. The molecule has 0 radical (unpaired) electrons. The fourth-order valence-electron chi connectivity index (χ4n) is 1.81.